The van der Waals surface area contributed by atoms with Crippen molar-refractivity contribution in [2.45, 2.75) is 37.8 Å². The summed E-state index contributed by atoms with van der Waals surface area (Å²) >= 11 is 0. The largest absolute Gasteiger partial charge is 0.345 e. The molecule has 5 heteroatoms. The van der Waals surface area contributed by atoms with Crippen LogP contribution in [0.4, 0.5) is 5.69 Å². The van der Waals surface area contributed by atoms with Crippen LogP contribution in [0.2, 0.25) is 0 Å². The van der Waals surface area contributed by atoms with Gasteiger partial charge >= 0.3 is 0 Å². The van der Waals surface area contributed by atoms with E-state index in [1.807, 2.05) is 6.07 Å². The van der Waals surface area contributed by atoms with Gasteiger partial charge in [0.1, 0.15) is 0 Å². The molecule has 0 spiro atoms. The molecule has 2 atom stereocenters. The Morgan fingerprint density at radius 1 is 1.25 bits per heavy atom. The summed E-state index contributed by atoms with van der Waals surface area (Å²) in [4.78, 5) is 28.3. The number of carbonyl (C=O) groups is 2. The lowest BCUT2D eigenvalue weighted by atomic mass is 9.98. The summed E-state index contributed by atoms with van der Waals surface area (Å²) in [5.74, 6) is -0.0902. The van der Waals surface area contributed by atoms with Crippen LogP contribution in [0.1, 0.15) is 36.0 Å². The molecule has 1 aromatic carbocycles. The minimum Gasteiger partial charge on any atom is -0.345 e. The van der Waals surface area contributed by atoms with Crippen LogP contribution in [-0.2, 0) is 4.79 Å². The second-order valence-corrected chi connectivity index (χ2v) is 7.04. The van der Waals surface area contributed by atoms with Crippen LogP contribution in [0, 0.1) is 0 Å². The van der Waals surface area contributed by atoms with Gasteiger partial charge in [-0.25, -0.2) is 0 Å². The summed E-state index contributed by atoms with van der Waals surface area (Å²) < 4.78 is 0. The number of hydrogen-bond acceptors (Lipinski definition) is 3. The van der Waals surface area contributed by atoms with E-state index in [1.165, 1.54) is 10.5 Å². The van der Waals surface area contributed by atoms with Crippen LogP contribution >= 0.6 is 0 Å². The van der Waals surface area contributed by atoms with Gasteiger partial charge in [-0.2, -0.15) is 0 Å². The maximum atomic E-state index is 12.4. The third-order valence-corrected chi connectivity index (χ3v) is 4.95. The predicted molar refractivity (Wildman–Crippen MR) is 95.0 cm³/mol. The van der Waals surface area contributed by atoms with Crippen molar-refractivity contribution in [2.24, 2.45) is 0 Å². The SMILES string of the molecule is C=C1CC2CCC(C1)N2CC(=O)Nc1cccc(C(=O)N(C)C)c1. The van der Waals surface area contributed by atoms with Gasteiger partial charge in [0.2, 0.25) is 5.91 Å². The summed E-state index contributed by atoms with van der Waals surface area (Å²) in [6.07, 6.45) is 4.33. The summed E-state index contributed by atoms with van der Waals surface area (Å²) in [5, 5.41) is 2.93. The summed E-state index contributed by atoms with van der Waals surface area (Å²) in [6.45, 7) is 4.52. The van der Waals surface area contributed by atoms with Crippen LogP contribution in [0.15, 0.2) is 36.4 Å². The zero-order valence-corrected chi connectivity index (χ0v) is 14.4. The highest BCUT2D eigenvalue weighted by Gasteiger charge is 2.38. The van der Waals surface area contributed by atoms with Crippen molar-refractivity contribution in [3.8, 4) is 0 Å². The molecule has 3 rings (SSSR count). The van der Waals surface area contributed by atoms with Crippen LogP contribution in [0.5, 0.6) is 0 Å². The lowest BCUT2D eigenvalue weighted by Gasteiger charge is -2.35. The Labute approximate surface area is 143 Å². The van der Waals surface area contributed by atoms with Crippen molar-refractivity contribution >= 4 is 17.5 Å². The molecule has 0 aromatic heterocycles. The fourth-order valence-corrected chi connectivity index (χ4v) is 3.82. The van der Waals surface area contributed by atoms with E-state index in [4.69, 9.17) is 0 Å². The maximum absolute atomic E-state index is 12.4. The first-order valence-electron chi connectivity index (χ1n) is 8.48. The van der Waals surface area contributed by atoms with Crippen molar-refractivity contribution in [3.05, 3.63) is 42.0 Å². The van der Waals surface area contributed by atoms with Gasteiger partial charge in [0.05, 0.1) is 6.54 Å². The van der Waals surface area contributed by atoms with E-state index in [0.717, 1.165) is 25.7 Å². The molecule has 2 unspecified atom stereocenters. The van der Waals surface area contributed by atoms with Crippen LogP contribution < -0.4 is 5.32 Å². The number of piperidine rings is 1. The summed E-state index contributed by atoms with van der Waals surface area (Å²) in [5.41, 5.74) is 2.56. The van der Waals surface area contributed by atoms with E-state index >= 15 is 0 Å². The Hall–Kier alpha value is -2.14. The number of anilines is 1. The van der Waals surface area contributed by atoms with Crippen molar-refractivity contribution in [1.29, 1.82) is 0 Å². The Morgan fingerprint density at radius 3 is 2.54 bits per heavy atom. The summed E-state index contributed by atoms with van der Waals surface area (Å²) in [6, 6.07) is 8.02. The van der Waals surface area contributed by atoms with E-state index in [-0.39, 0.29) is 11.8 Å². The fourth-order valence-electron chi connectivity index (χ4n) is 3.82. The molecular formula is C19H25N3O2. The number of hydrogen-bond donors (Lipinski definition) is 1. The smallest absolute Gasteiger partial charge is 0.253 e. The monoisotopic (exact) mass is 327 g/mol. The standard InChI is InChI=1S/C19H25N3O2/c1-13-9-16-7-8-17(10-13)22(16)12-18(23)20-15-6-4-5-14(11-15)19(24)21(2)3/h4-6,11,16-17H,1,7-10,12H2,2-3H3,(H,20,23). The second-order valence-electron chi connectivity index (χ2n) is 7.04. The molecule has 2 aliphatic rings. The number of nitrogens with one attached hydrogen (secondary N) is 1. The zero-order valence-electron chi connectivity index (χ0n) is 14.4. The molecule has 0 saturated carbocycles. The van der Waals surface area contributed by atoms with Gasteiger partial charge in [-0.05, 0) is 43.9 Å². The van der Waals surface area contributed by atoms with Gasteiger partial charge in [0, 0.05) is 37.4 Å². The highest BCUT2D eigenvalue weighted by Crippen LogP contribution is 2.37. The molecule has 0 aliphatic carbocycles. The second kappa shape index (κ2) is 6.77. The summed E-state index contributed by atoms with van der Waals surface area (Å²) in [7, 11) is 3.43. The zero-order chi connectivity index (χ0) is 17.3. The average molecular weight is 327 g/mol. The predicted octanol–water partition coefficient (Wildman–Crippen LogP) is 2.51. The maximum Gasteiger partial charge on any atom is 0.253 e. The number of amides is 2. The minimum atomic E-state index is -0.0707. The Morgan fingerprint density at radius 2 is 1.92 bits per heavy atom. The van der Waals surface area contributed by atoms with Crippen molar-refractivity contribution in [3.63, 3.8) is 0 Å². The fraction of sp³-hybridized carbons (Fsp3) is 0.474. The van der Waals surface area contributed by atoms with Crippen molar-refractivity contribution in [2.75, 3.05) is 26.0 Å². The van der Waals surface area contributed by atoms with Gasteiger partial charge in [0.25, 0.3) is 5.91 Å². The molecule has 1 N–H and O–H groups in total. The third kappa shape index (κ3) is 3.51. The highest BCUT2D eigenvalue weighted by molar-refractivity contribution is 5.97. The normalized spacial score (nSPS) is 23.2. The number of carbonyl (C=O) groups excluding carboxylic acids is 2. The molecule has 2 aliphatic heterocycles. The molecule has 1 aromatic rings. The number of nitrogens with zero attached hydrogens (tertiary/aromatic N) is 2. The van der Waals surface area contributed by atoms with Crippen molar-refractivity contribution < 1.29 is 9.59 Å². The van der Waals surface area contributed by atoms with Gasteiger partial charge in [-0.15, -0.1) is 0 Å². The molecule has 5 nitrogen and oxygen atoms in total. The third-order valence-electron chi connectivity index (χ3n) is 4.95. The first-order chi connectivity index (χ1) is 11.4. The van der Waals surface area contributed by atoms with Crippen LogP contribution in [0.25, 0.3) is 0 Å². The average Bonchev–Trinajstić information content (AvgIpc) is 2.77. The van der Waals surface area contributed by atoms with Gasteiger partial charge in [-0.3, -0.25) is 14.5 Å². The molecule has 0 radical (unpaired) electrons. The van der Waals surface area contributed by atoms with E-state index < -0.39 is 0 Å². The number of benzene rings is 1. The highest BCUT2D eigenvalue weighted by atomic mass is 16.2. The number of fused-ring (bicyclic) bond motifs is 2. The van der Waals surface area contributed by atoms with E-state index in [0.29, 0.717) is 29.9 Å². The molecule has 2 amide bonds. The minimum absolute atomic E-state index is 0.0196. The molecular weight excluding hydrogens is 302 g/mol. The molecule has 2 heterocycles. The first kappa shape index (κ1) is 16.7. The van der Waals surface area contributed by atoms with Gasteiger partial charge < -0.3 is 10.2 Å². The quantitative estimate of drug-likeness (QED) is 0.865. The molecule has 2 fully saturated rings. The van der Waals surface area contributed by atoms with E-state index in [1.54, 1.807) is 32.3 Å². The van der Waals surface area contributed by atoms with Gasteiger partial charge in [-0.1, -0.05) is 18.2 Å². The Bertz CT molecular complexity index is 652. The molecule has 2 bridgehead atoms. The molecule has 128 valence electrons. The lowest BCUT2D eigenvalue weighted by Crippen LogP contribution is -2.44. The van der Waals surface area contributed by atoms with Crippen LogP contribution in [0.3, 0.4) is 0 Å². The Kier molecular flexibility index (Phi) is 4.71. The lowest BCUT2D eigenvalue weighted by molar-refractivity contribution is -0.118. The molecule has 2 saturated heterocycles. The van der Waals surface area contributed by atoms with Gasteiger partial charge in [0.15, 0.2) is 0 Å². The molecule has 24 heavy (non-hydrogen) atoms. The Balaban J connectivity index is 1.62. The topological polar surface area (TPSA) is 52.7 Å². The van der Waals surface area contributed by atoms with E-state index in [9.17, 15) is 9.59 Å². The first-order valence-corrected chi connectivity index (χ1v) is 8.48. The van der Waals surface area contributed by atoms with Crippen molar-refractivity contribution in [1.82, 2.24) is 9.80 Å². The van der Waals surface area contributed by atoms with Crippen LogP contribution in [-0.4, -0.2) is 54.3 Å². The number of rotatable bonds is 4. The van der Waals surface area contributed by atoms with E-state index in [2.05, 4.69) is 16.8 Å².